The van der Waals surface area contributed by atoms with Crippen LogP contribution in [0.25, 0.3) is 0 Å². The summed E-state index contributed by atoms with van der Waals surface area (Å²) in [7, 11) is -3.72. The number of furan rings is 1. The van der Waals surface area contributed by atoms with Crippen LogP contribution in [0.4, 0.5) is 5.13 Å². The van der Waals surface area contributed by atoms with Gasteiger partial charge >= 0.3 is 0 Å². The van der Waals surface area contributed by atoms with E-state index in [0.29, 0.717) is 12.3 Å². The minimum absolute atomic E-state index is 0.134. The van der Waals surface area contributed by atoms with Crippen molar-refractivity contribution >= 4 is 26.5 Å². The van der Waals surface area contributed by atoms with Gasteiger partial charge in [0.05, 0.1) is 6.54 Å². The molecule has 0 radical (unpaired) electrons. The Morgan fingerprint density at radius 1 is 1.44 bits per heavy atom. The van der Waals surface area contributed by atoms with E-state index in [2.05, 4.69) is 20.2 Å². The topological polar surface area (TPSA) is 97.1 Å². The van der Waals surface area contributed by atoms with Crippen molar-refractivity contribution in [2.45, 2.75) is 18.6 Å². The van der Waals surface area contributed by atoms with Crippen molar-refractivity contribution in [3.63, 3.8) is 0 Å². The summed E-state index contributed by atoms with van der Waals surface area (Å²) in [5, 5.41) is 10.3. The van der Waals surface area contributed by atoms with Crippen LogP contribution in [0.3, 0.4) is 0 Å². The zero-order chi connectivity index (χ0) is 13.0. The highest BCUT2D eigenvalue weighted by molar-refractivity contribution is 7.92. The van der Waals surface area contributed by atoms with E-state index < -0.39 is 10.0 Å². The average molecular weight is 288 g/mol. The largest absolute Gasteiger partial charge is 0.446 e. The second-order valence-electron chi connectivity index (χ2n) is 3.35. The third-order valence-electron chi connectivity index (χ3n) is 2.03. The molecule has 0 saturated carbocycles. The Labute approximate surface area is 108 Å². The van der Waals surface area contributed by atoms with E-state index >= 15 is 0 Å². The van der Waals surface area contributed by atoms with E-state index in [1.807, 2.05) is 6.92 Å². The molecule has 2 rings (SSSR count). The zero-order valence-electron chi connectivity index (χ0n) is 9.58. The van der Waals surface area contributed by atoms with Crippen molar-refractivity contribution in [3.05, 3.63) is 23.4 Å². The molecule has 0 saturated heterocycles. The van der Waals surface area contributed by atoms with Gasteiger partial charge in [0.25, 0.3) is 10.0 Å². The number of hydrogen-bond acceptors (Lipinski definition) is 7. The predicted octanol–water partition coefficient (Wildman–Crippen LogP) is 1.04. The summed E-state index contributed by atoms with van der Waals surface area (Å²) in [5.74, 6) is 0.564. The molecule has 98 valence electrons. The van der Waals surface area contributed by atoms with Crippen molar-refractivity contribution in [3.8, 4) is 0 Å². The Morgan fingerprint density at radius 2 is 2.28 bits per heavy atom. The molecular weight excluding hydrogens is 276 g/mol. The van der Waals surface area contributed by atoms with Crippen LogP contribution in [0, 0.1) is 0 Å². The average Bonchev–Trinajstić information content (AvgIpc) is 2.96. The first-order valence-corrected chi connectivity index (χ1v) is 7.56. The van der Waals surface area contributed by atoms with Crippen LogP contribution >= 0.6 is 11.3 Å². The molecule has 0 atom stereocenters. The molecule has 2 aromatic rings. The summed E-state index contributed by atoms with van der Waals surface area (Å²) < 4.78 is 31.3. The van der Waals surface area contributed by atoms with Gasteiger partial charge in [0.2, 0.25) is 10.2 Å². The first-order chi connectivity index (χ1) is 8.62. The lowest BCUT2D eigenvalue weighted by molar-refractivity contribution is 0.405. The molecular formula is C9H12N4O3S2. The summed E-state index contributed by atoms with van der Waals surface area (Å²) >= 11 is 1.10. The molecule has 9 heteroatoms. The highest BCUT2D eigenvalue weighted by Crippen LogP contribution is 2.18. The van der Waals surface area contributed by atoms with E-state index in [4.69, 9.17) is 4.42 Å². The smallest absolute Gasteiger partial charge is 0.297 e. The standard InChI is InChI=1S/C9H12N4O3S2/c1-2-10-5-7-3-4-8(16-7)18(14,15)13-9-12-11-6-17-9/h3-4,6,10H,2,5H2,1H3,(H,12,13). The summed E-state index contributed by atoms with van der Waals surface area (Å²) in [4.78, 5) is 0. The lowest BCUT2D eigenvalue weighted by Crippen LogP contribution is -2.12. The molecule has 0 unspecified atom stereocenters. The van der Waals surface area contributed by atoms with Gasteiger partial charge < -0.3 is 9.73 Å². The molecule has 0 aliphatic rings. The minimum Gasteiger partial charge on any atom is -0.446 e. The van der Waals surface area contributed by atoms with Crippen molar-refractivity contribution in [2.75, 3.05) is 11.3 Å². The highest BCUT2D eigenvalue weighted by Gasteiger charge is 2.20. The summed E-state index contributed by atoms with van der Waals surface area (Å²) in [6.07, 6.45) is 0. The van der Waals surface area contributed by atoms with Crippen LogP contribution in [-0.4, -0.2) is 25.2 Å². The zero-order valence-corrected chi connectivity index (χ0v) is 11.2. The first-order valence-electron chi connectivity index (χ1n) is 5.20. The summed E-state index contributed by atoms with van der Waals surface area (Å²) in [5.41, 5.74) is 1.44. The van der Waals surface area contributed by atoms with Gasteiger partial charge in [0.15, 0.2) is 0 Å². The van der Waals surface area contributed by atoms with E-state index in [1.165, 1.54) is 11.6 Å². The fourth-order valence-corrected chi connectivity index (χ4v) is 2.87. The Kier molecular flexibility index (Phi) is 3.94. The number of nitrogens with one attached hydrogen (secondary N) is 2. The molecule has 2 aromatic heterocycles. The molecule has 7 nitrogen and oxygen atoms in total. The number of anilines is 1. The van der Waals surface area contributed by atoms with Crippen LogP contribution < -0.4 is 10.0 Å². The quantitative estimate of drug-likeness (QED) is 0.824. The van der Waals surface area contributed by atoms with Crippen molar-refractivity contribution in [1.82, 2.24) is 15.5 Å². The number of hydrogen-bond donors (Lipinski definition) is 2. The number of rotatable bonds is 6. The summed E-state index contributed by atoms with van der Waals surface area (Å²) in [6.45, 7) is 3.23. The van der Waals surface area contributed by atoms with Gasteiger partial charge in [0, 0.05) is 0 Å². The maximum atomic E-state index is 11.9. The second kappa shape index (κ2) is 5.46. The summed E-state index contributed by atoms with van der Waals surface area (Å²) in [6, 6.07) is 3.04. The molecule has 0 aliphatic carbocycles. The van der Waals surface area contributed by atoms with Crippen molar-refractivity contribution in [2.24, 2.45) is 0 Å². The predicted molar refractivity (Wildman–Crippen MR) is 66.8 cm³/mol. The molecule has 0 bridgehead atoms. The lowest BCUT2D eigenvalue weighted by Gasteiger charge is -2.01. The second-order valence-corrected chi connectivity index (χ2v) is 5.80. The van der Waals surface area contributed by atoms with Gasteiger partial charge in [-0.15, -0.1) is 10.2 Å². The van der Waals surface area contributed by atoms with Crippen molar-refractivity contribution < 1.29 is 12.8 Å². The normalized spacial score (nSPS) is 11.6. The van der Waals surface area contributed by atoms with Crippen LogP contribution in [0.1, 0.15) is 12.7 Å². The molecule has 18 heavy (non-hydrogen) atoms. The van der Waals surface area contributed by atoms with Gasteiger partial charge in [-0.05, 0) is 18.7 Å². The molecule has 2 heterocycles. The molecule has 0 fully saturated rings. The number of nitrogens with zero attached hydrogens (tertiary/aromatic N) is 2. The van der Waals surface area contributed by atoms with Crippen LogP contribution in [0.5, 0.6) is 0 Å². The maximum Gasteiger partial charge on any atom is 0.297 e. The van der Waals surface area contributed by atoms with E-state index in [0.717, 1.165) is 17.9 Å². The molecule has 2 N–H and O–H groups in total. The first kappa shape index (κ1) is 13.0. The van der Waals surface area contributed by atoms with Gasteiger partial charge in [-0.3, -0.25) is 4.72 Å². The van der Waals surface area contributed by atoms with Gasteiger partial charge in [-0.1, -0.05) is 18.3 Å². The Morgan fingerprint density at radius 3 is 2.94 bits per heavy atom. The van der Waals surface area contributed by atoms with Crippen LogP contribution in [0.15, 0.2) is 27.2 Å². The van der Waals surface area contributed by atoms with Gasteiger partial charge in [0.1, 0.15) is 11.3 Å². The Hall–Kier alpha value is -1.45. The minimum atomic E-state index is -3.72. The molecule has 0 spiro atoms. The Balaban J connectivity index is 2.12. The molecule has 0 amide bonds. The highest BCUT2D eigenvalue weighted by atomic mass is 32.2. The molecule has 0 aromatic carbocycles. The van der Waals surface area contributed by atoms with Gasteiger partial charge in [-0.2, -0.15) is 8.42 Å². The number of aromatic nitrogens is 2. The van der Waals surface area contributed by atoms with Gasteiger partial charge in [-0.25, -0.2) is 0 Å². The SMILES string of the molecule is CCNCc1ccc(S(=O)(=O)Nc2nncs2)o1. The van der Waals surface area contributed by atoms with E-state index in [9.17, 15) is 8.42 Å². The van der Waals surface area contributed by atoms with Crippen LogP contribution in [-0.2, 0) is 16.6 Å². The third kappa shape index (κ3) is 3.06. The third-order valence-corrected chi connectivity index (χ3v) is 3.98. The van der Waals surface area contributed by atoms with Crippen molar-refractivity contribution in [1.29, 1.82) is 0 Å². The van der Waals surface area contributed by atoms with E-state index in [1.54, 1.807) is 6.07 Å². The fourth-order valence-electron chi connectivity index (χ4n) is 1.23. The lowest BCUT2D eigenvalue weighted by atomic mass is 10.4. The van der Waals surface area contributed by atoms with Crippen LogP contribution in [0.2, 0.25) is 0 Å². The van der Waals surface area contributed by atoms with E-state index in [-0.39, 0.29) is 10.2 Å². The maximum absolute atomic E-state index is 11.9. The fraction of sp³-hybridized carbons (Fsp3) is 0.333. The number of sulfonamides is 1. The molecule has 0 aliphatic heterocycles. The monoisotopic (exact) mass is 288 g/mol. The Bertz CT molecular complexity index is 591.